The molecular formula is C31H34N4O3. The Labute approximate surface area is 224 Å². The summed E-state index contributed by atoms with van der Waals surface area (Å²) in [5, 5.41) is 2.94. The highest BCUT2D eigenvalue weighted by atomic mass is 16.2. The summed E-state index contributed by atoms with van der Waals surface area (Å²) in [7, 11) is 0. The van der Waals surface area contributed by atoms with Crippen LogP contribution in [0, 0.1) is 20.8 Å². The van der Waals surface area contributed by atoms with Crippen LogP contribution in [-0.2, 0) is 9.59 Å². The third-order valence-electron chi connectivity index (χ3n) is 7.88. The van der Waals surface area contributed by atoms with Crippen molar-refractivity contribution in [1.29, 1.82) is 0 Å². The number of para-hydroxylation sites is 1. The van der Waals surface area contributed by atoms with Gasteiger partial charge in [0.25, 0.3) is 11.8 Å². The molecule has 0 unspecified atom stereocenters. The molecule has 2 saturated heterocycles. The maximum absolute atomic E-state index is 13.9. The zero-order valence-electron chi connectivity index (χ0n) is 22.2. The minimum Gasteiger partial charge on any atom is -0.339 e. The van der Waals surface area contributed by atoms with Crippen molar-refractivity contribution < 1.29 is 14.4 Å². The van der Waals surface area contributed by atoms with Crippen molar-refractivity contribution >= 4 is 29.1 Å². The van der Waals surface area contributed by atoms with Crippen molar-refractivity contribution in [2.75, 3.05) is 36.5 Å². The van der Waals surface area contributed by atoms with Gasteiger partial charge in [-0.1, -0.05) is 42.0 Å². The predicted molar refractivity (Wildman–Crippen MR) is 149 cm³/mol. The number of anilines is 2. The maximum Gasteiger partial charge on any atom is 0.253 e. The van der Waals surface area contributed by atoms with Crippen LogP contribution in [-0.4, -0.2) is 59.4 Å². The lowest BCUT2D eigenvalue weighted by atomic mass is 9.85. The molecule has 7 nitrogen and oxygen atoms in total. The Morgan fingerprint density at radius 2 is 1.55 bits per heavy atom. The smallest absolute Gasteiger partial charge is 0.253 e. The molecule has 0 saturated carbocycles. The number of amides is 3. The summed E-state index contributed by atoms with van der Waals surface area (Å²) >= 11 is 0. The molecular weight excluding hydrogens is 476 g/mol. The molecule has 1 spiro atoms. The lowest BCUT2D eigenvalue weighted by Gasteiger charge is -2.43. The van der Waals surface area contributed by atoms with E-state index in [2.05, 4.69) is 10.2 Å². The van der Waals surface area contributed by atoms with Gasteiger partial charge in [0.15, 0.2) is 0 Å². The van der Waals surface area contributed by atoms with Gasteiger partial charge < -0.3 is 20.0 Å². The van der Waals surface area contributed by atoms with Gasteiger partial charge in [0.1, 0.15) is 12.1 Å². The minimum absolute atomic E-state index is 0.0128. The number of aryl methyl sites for hydroxylation is 3. The van der Waals surface area contributed by atoms with Crippen LogP contribution in [0.5, 0.6) is 0 Å². The number of carbonyl (C=O) groups is 3. The molecule has 0 aromatic heterocycles. The van der Waals surface area contributed by atoms with Crippen molar-refractivity contribution in [2.45, 2.75) is 39.2 Å². The van der Waals surface area contributed by atoms with Crippen LogP contribution in [0.3, 0.4) is 0 Å². The van der Waals surface area contributed by atoms with Crippen LogP contribution in [0.25, 0.3) is 0 Å². The maximum atomic E-state index is 13.9. The Morgan fingerprint density at radius 1 is 0.868 bits per heavy atom. The lowest BCUT2D eigenvalue weighted by Crippen LogP contribution is -2.57. The van der Waals surface area contributed by atoms with Gasteiger partial charge in [0.05, 0.1) is 6.67 Å². The lowest BCUT2D eigenvalue weighted by molar-refractivity contribution is -0.136. The van der Waals surface area contributed by atoms with Gasteiger partial charge in [0.2, 0.25) is 5.91 Å². The van der Waals surface area contributed by atoms with Crippen molar-refractivity contribution in [3.8, 4) is 0 Å². The number of likely N-dealkylation sites (tertiary alicyclic amines) is 1. The van der Waals surface area contributed by atoms with Gasteiger partial charge in [-0.2, -0.15) is 0 Å². The highest BCUT2D eigenvalue weighted by Gasteiger charge is 2.54. The van der Waals surface area contributed by atoms with Gasteiger partial charge in [-0.25, -0.2) is 0 Å². The number of rotatable bonds is 5. The topological polar surface area (TPSA) is 73.0 Å². The summed E-state index contributed by atoms with van der Waals surface area (Å²) < 4.78 is 0. The number of carbonyl (C=O) groups excluding carboxylic acids is 3. The summed E-state index contributed by atoms with van der Waals surface area (Å²) in [6, 6.07) is 23.3. The van der Waals surface area contributed by atoms with Crippen LogP contribution < -0.4 is 10.2 Å². The van der Waals surface area contributed by atoms with Crippen LogP contribution in [0.4, 0.5) is 11.4 Å². The van der Waals surface area contributed by atoms with Gasteiger partial charge in [-0.05, 0) is 81.1 Å². The number of hydrogen-bond donors (Lipinski definition) is 1. The molecule has 2 heterocycles. The molecule has 2 fully saturated rings. The van der Waals surface area contributed by atoms with E-state index in [0.717, 1.165) is 28.1 Å². The first kappa shape index (κ1) is 25.5. The molecule has 2 aliphatic rings. The average Bonchev–Trinajstić information content (AvgIpc) is 3.18. The fourth-order valence-corrected chi connectivity index (χ4v) is 5.47. The van der Waals surface area contributed by atoms with Crippen molar-refractivity contribution in [1.82, 2.24) is 9.80 Å². The highest BCUT2D eigenvalue weighted by Crippen LogP contribution is 2.39. The molecule has 196 valence electrons. The Balaban J connectivity index is 1.33. The number of hydrogen-bond acceptors (Lipinski definition) is 4. The first-order valence-corrected chi connectivity index (χ1v) is 13.1. The van der Waals surface area contributed by atoms with Crippen LogP contribution >= 0.6 is 0 Å². The third kappa shape index (κ3) is 4.88. The average molecular weight is 511 g/mol. The van der Waals surface area contributed by atoms with E-state index in [4.69, 9.17) is 0 Å². The van der Waals surface area contributed by atoms with Crippen molar-refractivity contribution in [2.24, 2.45) is 0 Å². The summed E-state index contributed by atoms with van der Waals surface area (Å²) in [6.45, 7) is 7.29. The normalized spacial score (nSPS) is 16.7. The van der Waals surface area contributed by atoms with Gasteiger partial charge in [-0.15, -0.1) is 0 Å². The van der Waals surface area contributed by atoms with Crippen LogP contribution in [0.1, 0.15) is 39.9 Å². The van der Waals surface area contributed by atoms with E-state index in [1.54, 1.807) is 4.90 Å². The van der Waals surface area contributed by atoms with E-state index in [1.165, 1.54) is 0 Å². The molecule has 0 bridgehead atoms. The second-order valence-corrected chi connectivity index (χ2v) is 10.4. The first-order chi connectivity index (χ1) is 18.3. The van der Waals surface area contributed by atoms with E-state index in [-0.39, 0.29) is 24.3 Å². The van der Waals surface area contributed by atoms with E-state index >= 15 is 0 Å². The summed E-state index contributed by atoms with van der Waals surface area (Å²) in [6.07, 6.45) is 1.02. The summed E-state index contributed by atoms with van der Waals surface area (Å²) in [4.78, 5) is 45.6. The Kier molecular flexibility index (Phi) is 6.93. The third-order valence-corrected chi connectivity index (χ3v) is 7.88. The minimum atomic E-state index is -0.786. The van der Waals surface area contributed by atoms with Gasteiger partial charge in [-0.3, -0.25) is 14.4 Å². The zero-order valence-corrected chi connectivity index (χ0v) is 22.2. The van der Waals surface area contributed by atoms with E-state index in [9.17, 15) is 14.4 Å². The standard InChI is InChI=1S/C31H34N4O3/c1-22-9-12-25(13-10-22)29(37)33-17-15-31(16-18-33)30(38)34(21-35(31)27-7-5-4-6-8-27)20-28(36)32-26-14-11-23(2)24(3)19-26/h4-14,19H,15-18,20-21H2,1-3H3,(H,32,36). The van der Waals surface area contributed by atoms with Crippen molar-refractivity contribution in [3.63, 3.8) is 0 Å². The summed E-state index contributed by atoms with van der Waals surface area (Å²) in [5.74, 6) is -0.293. The molecule has 0 aliphatic carbocycles. The Morgan fingerprint density at radius 3 is 2.21 bits per heavy atom. The SMILES string of the molecule is Cc1ccc(C(=O)N2CCC3(CC2)C(=O)N(CC(=O)Nc2ccc(C)c(C)c2)CN3c2ccccc2)cc1. The Hall–Kier alpha value is -4.13. The van der Waals surface area contributed by atoms with E-state index in [0.29, 0.717) is 38.2 Å². The molecule has 3 aromatic rings. The monoisotopic (exact) mass is 510 g/mol. The molecule has 1 N–H and O–H groups in total. The molecule has 38 heavy (non-hydrogen) atoms. The Bertz CT molecular complexity index is 1350. The largest absolute Gasteiger partial charge is 0.339 e. The first-order valence-electron chi connectivity index (χ1n) is 13.1. The van der Waals surface area contributed by atoms with Crippen LogP contribution in [0.15, 0.2) is 72.8 Å². The quantitative estimate of drug-likeness (QED) is 0.547. The number of nitrogens with zero attached hydrogens (tertiary/aromatic N) is 3. The van der Waals surface area contributed by atoms with Gasteiger partial charge >= 0.3 is 0 Å². The molecule has 0 radical (unpaired) electrons. The molecule has 5 rings (SSSR count). The fourth-order valence-electron chi connectivity index (χ4n) is 5.47. The molecule has 7 heteroatoms. The second kappa shape index (κ2) is 10.3. The predicted octanol–water partition coefficient (Wildman–Crippen LogP) is 4.53. The number of nitrogens with one attached hydrogen (secondary N) is 1. The fraction of sp³-hybridized carbons (Fsp3) is 0.323. The van der Waals surface area contributed by atoms with E-state index in [1.807, 2.05) is 98.5 Å². The zero-order chi connectivity index (χ0) is 26.9. The van der Waals surface area contributed by atoms with E-state index < -0.39 is 5.54 Å². The number of piperidine rings is 1. The molecule has 3 amide bonds. The summed E-state index contributed by atoms with van der Waals surface area (Å²) in [5.41, 5.74) is 4.90. The van der Waals surface area contributed by atoms with Crippen LogP contribution in [0.2, 0.25) is 0 Å². The molecule has 3 aromatic carbocycles. The number of benzene rings is 3. The molecule has 2 aliphatic heterocycles. The molecule has 0 atom stereocenters. The highest BCUT2D eigenvalue weighted by molar-refractivity contribution is 6.00. The van der Waals surface area contributed by atoms with Crippen molar-refractivity contribution in [3.05, 3.63) is 95.1 Å². The van der Waals surface area contributed by atoms with Gasteiger partial charge in [0, 0.05) is 30.0 Å². The second-order valence-electron chi connectivity index (χ2n) is 10.4.